The van der Waals surface area contributed by atoms with Crippen LogP contribution in [0, 0.1) is 0 Å². The number of thioether (sulfide) groups is 1. The molecular weight excluding hydrogens is 442 g/mol. The van der Waals surface area contributed by atoms with Crippen LogP contribution >= 0.6 is 11.8 Å². The number of carbonyl (C=O) groups is 3. The van der Waals surface area contributed by atoms with Crippen molar-refractivity contribution in [2.24, 2.45) is 7.05 Å². The van der Waals surface area contributed by atoms with Crippen LogP contribution in [0.3, 0.4) is 0 Å². The van der Waals surface area contributed by atoms with Gasteiger partial charge in [-0.1, -0.05) is 30.0 Å². The molecule has 0 radical (unpaired) electrons. The number of aryl methyl sites for hydroxylation is 1. The van der Waals surface area contributed by atoms with Crippen LogP contribution in [-0.4, -0.2) is 79.7 Å². The van der Waals surface area contributed by atoms with Crippen LogP contribution < -0.4 is 5.32 Å². The molecule has 1 aliphatic rings. The van der Waals surface area contributed by atoms with E-state index in [9.17, 15) is 14.4 Å². The van der Waals surface area contributed by atoms with E-state index in [-0.39, 0.29) is 23.5 Å². The number of tetrazole rings is 1. The fourth-order valence-electron chi connectivity index (χ4n) is 3.43. The Morgan fingerprint density at radius 3 is 2.00 bits per heavy atom. The minimum atomic E-state index is -0.193. The van der Waals surface area contributed by atoms with Gasteiger partial charge in [0, 0.05) is 50.0 Å². The molecule has 0 saturated carbocycles. The van der Waals surface area contributed by atoms with E-state index in [1.165, 1.54) is 16.4 Å². The lowest BCUT2D eigenvalue weighted by Gasteiger charge is -2.35. The van der Waals surface area contributed by atoms with Crippen molar-refractivity contribution >= 4 is 35.2 Å². The van der Waals surface area contributed by atoms with Gasteiger partial charge in [0.2, 0.25) is 11.1 Å². The molecule has 2 heterocycles. The quantitative estimate of drug-likeness (QED) is 0.550. The standard InChI is InChI=1S/C22H23N7O3S/c1-27-22(24-25-26-27)33-15-19(30)23-18-9-7-17(8-10-18)21(32)29-13-11-28(12-14-29)20(31)16-5-3-2-4-6-16/h2-10H,11-15H2,1H3,(H,23,30). The summed E-state index contributed by atoms with van der Waals surface area (Å²) in [6.45, 7) is 1.94. The molecule has 1 N–H and O–H groups in total. The van der Waals surface area contributed by atoms with Gasteiger partial charge in [0.25, 0.3) is 11.8 Å². The largest absolute Gasteiger partial charge is 0.335 e. The van der Waals surface area contributed by atoms with E-state index in [0.29, 0.717) is 48.1 Å². The van der Waals surface area contributed by atoms with Crippen molar-refractivity contribution in [1.29, 1.82) is 0 Å². The monoisotopic (exact) mass is 465 g/mol. The normalized spacial score (nSPS) is 13.6. The molecule has 1 aromatic heterocycles. The summed E-state index contributed by atoms with van der Waals surface area (Å²) >= 11 is 1.23. The lowest BCUT2D eigenvalue weighted by Crippen LogP contribution is -2.50. The topological polar surface area (TPSA) is 113 Å². The second-order valence-corrected chi connectivity index (χ2v) is 8.39. The highest BCUT2D eigenvalue weighted by Gasteiger charge is 2.25. The molecule has 170 valence electrons. The van der Waals surface area contributed by atoms with Crippen molar-refractivity contribution in [2.75, 3.05) is 37.2 Å². The fourth-order valence-corrected chi connectivity index (χ4v) is 4.08. The third-order valence-corrected chi connectivity index (χ3v) is 6.21. The number of aromatic nitrogens is 4. The molecule has 3 amide bonds. The average molecular weight is 466 g/mol. The second kappa shape index (κ2) is 10.3. The molecule has 1 saturated heterocycles. The first-order chi connectivity index (χ1) is 16.0. The first-order valence-corrected chi connectivity index (χ1v) is 11.4. The van der Waals surface area contributed by atoms with Gasteiger partial charge in [-0.25, -0.2) is 4.68 Å². The highest BCUT2D eigenvalue weighted by molar-refractivity contribution is 7.99. The van der Waals surface area contributed by atoms with Crippen LogP contribution in [0.4, 0.5) is 5.69 Å². The first kappa shape index (κ1) is 22.5. The van der Waals surface area contributed by atoms with Gasteiger partial charge < -0.3 is 15.1 Å². The second-order valence-electron chi connectivity index (χ2n) is 7.45. The number of anilines is 1. The van der Waals surface area contributed by atoms with Gasteiger partial charge in [-0.2, -0.15) is 0 Å². The van der Waals surface area contributed by atoms with Crippen LogP contribution in [0.15, 0.2) is 59.8 Å². The Balaban J connectivity index is 1.26. The van der Waals surface area contributed by atoms with Crippen LogP contribution in [0.5, 0.6) is 0 Å². The average Bonchev–Trinajstić information content (AvgIpc) is 3.27. The lowest BCUT2D eigenvalue weighted by atomic mass is 10.1. The van der Waals surface area contributed by atoms with E-state index in [1.54, 1.807) is 53.2 Å². The molecule has 0 spiro atoms. The van der Waals surface area contributed by atoms with Crippen molar-refractivity contribution in [3.8, 4) is 0 Å². The number of carbonyl (C=O) groups excluding carboxylic acids is 3. The van der Waals surface area contributed by atoms with Crippen molar-refractivity contribution in [3.63, 3.8) is 0 Å². The Kier molecular flexibility index (Phi) is 6.98. The van der Waals surface area contributed by atoms with Crippen LogP contribution in [0.25, 0.3) is 0 Å². The molecule has 0 atom stereocenters. The van der Waals surface area contributed by atoms with E-state index >= 15 is 0 Å². The van der Waals surface area contributed by atoms with Gasteiger partial charge in [-0.15, -0.1) is 5.10 Å². The number of nitrogens with zero attached hydrogens (tertiary/aromatic N) is 6. The van der Waals surface area contributed by atoms with Gasteiger partial charge in [-0.05, 0) is 46.8 Å². The highest BCUT2D eigenvalue weighted by atomic mass is 32.2. The molecule has 33 heavy (non-hydrogen) atoms. The molecule has 0 bridgehead atoms. The summed E-state index contributed by atoms with van der Waals surface area (Å²) in [7, 11) is 1.71. The van der Waals surface area contributed by atoms with Gasteiger partial charge in [0.15, 0.2) is 0 Å². The molecule has 11 heteroatoms. The summed E-state index contributed by atoms with van der Waals surface area (Å²) in [6.07, 6.45) is 0. The maximum Gasteiger partial charge on any atom is 0.253 e. The Labute approximate surface area is 194 Å². The van der Waals surface area contributed by atoms with E-state index < -0.39 is 0 Å². The SMILES string of the molecule is Cn1nnnc1SCC(=O)Nc1ccc(C(=O)N2CCN(C(=O)c3ccccc3)CC2)cc1. The van der Waals surface area contributed by atoms with Gasteiger partial charge in [-0.3, -0.25) is 14.4 Å². The first-order valence-electron chi connectivity index (χ1n) is 10.4. The number of hydrogen-bond acceptors (Lipinski definition) is 7. The molecule has 10 nitrogen and oxygen atoms in total. The number of benzene rings is 2. The third-order valence-electron chi connectivity index (χ3n) is 5.20. The van der Waals surface area contributed by atoms with E-state index in [1.807, 2.05) is 18.2 Å². The zero-order chi connectivity index (χ0) is 23.2. The van der Waals surface area contributed by atoms with Gasteiger partial charge >= 0.3 is 0 Å². The van der Waals surface area contributed by atoms with Crippen molar-refractivity contribution in [3.05, 3.63) is 65.7 Å². The summed E-state index contributed by atoms with van der Waals surface area (Å²) in [4.78, 5) is 41.1. The Morgan fingerprint density at radius 2 is 1.45 bits per heavy atom. The van der Waals surface area contributed by atoms with Crippen LogP contribution in [-0.2, 0) is 11.8 Å². The van der Waals surface area contributed by atoms with Crippen LogP contribution in [0.2, 0.25) is 0 Å². The molecule has 2 aromatic carbocycles. The van der Waals surface area contributed by atoms with E-state index in [4.69, 9.17) is 0 Å². The zero-order valence-corrected chi connectivity index (χ0v) is 18.9. The maximum absolute atomic E-state index is 12.9. The van der Waals surface area contributed by atoms with Gasteiger partial charge in [0.1, 0.15) is 0 Å². The minimum absolute atomic E-state index is 0.0172. The number of piperazine rings is 1. The highest BCUT2D eigenvalue weighted by Crippen LogP contribution is 2.16. The van der Waals surface area contributed by atoms with Crippen molar-refractivity contribution in [1.82, 2.24) is 30.0 Å². The maximum atomic E-state index is 12.9. The lowest BCUT2D eigenvalue weighted by molar-refractivity contribution is -0.113. The van der Waals surface area contributed by atoms with E-state index in [0.717, 1.165) is 0 Å². The van der Waals surface area contributed by atoms with E-state index in [2.05, 4.69) is 20.8 Å². The molecule has 0 unspecified atom stereocenters. The summed E-state index contributed by atoms with van der Waals surface area (Å²) in [5.41, 5.74) is 1.79. The minimum Gasteiger partial charge on any atom is -0.335 e. The summed E-state index contributed by atoms with van der Waals surface area (Å²) in [5, 5.41) is 14.4. The summed E-state index contributed by atoms with van der Waals surface area (Å²) in [6, 6.07) is 15.9. The van der Waals surface area contributed by atoms with Crippen LogP contribution in [0.1, 0.15) is 20.7 Å². The molecule has 0 aliphatic carbocycles. The number of rotatable bonds is 6. The number of amides is 3. The Bertz CT molecular complexity index is 1130. The summed E-state index contributed by atoms with van der Waals surface area (Å²) < 4.78 is 1.50. The Hall–Kier alpha value is -3.73. The van der Waals surface area contributed by atoms with Crippen molar-refractivity contribution < 1.29 is 14.4 Å². The number of hydrogen-bond donors (Lipinski definition) is 1. The molecule has 4 rings (SSSR count). The molecule has 1 aliphatic heterocycles. The van der Waals surface area contributed by atoms with Gasteiger partial charge in [0.05, 0.1) is 5.75 Å². The smallest absolute Gasteiger partial charge is 0.253 e. The predicted octanol–water partition coefficient (Wildman–Crippen LogP) is 1.54. The zero-order valence-electron chi connectivity index (χ0n) is 18.0. The molecule has 1 fully saturated rings. The third kappa shape index (κ3) is 5.55. The predicted molar refractivity (Wildman–Crippen MR) is 123 cm³/mol. The van der Waals surface area contributed by atoms with Crippen molar-refractivity contribution in [2.45, 2.75) is 5.16 Å². The Morgan fingerprint density at radius 1 is 0.879 bits per heavy atom. The number of nitrogens with one attached hydrogen (secondary N) is 1. The summed E-state index contributed by atoms with van der Waals surface area (Å²) in [5.74, 6) is -0.136. The molecular formula is C22H23N7O3S. The molecule has 3 aromatic rings. The fraction of sp³-hybridized carbons (Fsp3) is 0.273.